The number of fused-ring (bicyclic) bond motifs is 3. The molecule has 1 aliphatic heterocycles. The number of halogens is 1. The first-order chi connectivity index (χ1) is 13.3. The Kier molecular flexibility index (Phi) is 4.83. The lowest BCUT2D eigenvalue weighted by Crippen LogP contribution is -2.54. The van der Waals surface area contributed by atoms with Gasteiger partial charge in [-0.1, -0.05) is 58.7 Å². The Labute approximate surface area is 173 Å². The van der Waals surface area contributed by atoms with Gasteiger partial charge in [-0.05, 0) is 37.6 Å². The highest BCUT2D eigenvalue weighted by atomic mass is 79.9. The van der Waals surface area contributed by atoms with Crippen molar-refractivity contribution in [2.45, 2.75) is 42.6 Å². The zero-order valence-corrected chi connectivity index (χ0v) is 18.1. The van der Waals surface area contributed by atoms with Gasteiger partial charge in [-0.3, -0.25) is 4.79 Å². The van der Waals surface area contributed by atoms with Crippen molar-refractivity contribution in [2.24, 2.45) is 0 Å². The number of carbonyl (C=O) groups excluding carboxylic acids is 1. The molecule has 0 saturated carbocycles. The van der Waals surface area contributed by atoms with Crippen LogP contribution in [-0.2, 0) is 16.6 Å². The minimum Gasteiger partial charge on any atom is -0.334 e. The number of carbonyl (C=O) groups is 1. The highest BCUT2D eigenvalue weighted by Gasteiger charge is 2.44. The number of aryl methyl sites for hydroxylation is 1. The van der Waals surface area contributed by atoms with Crippen molar-refractivity contribution < 1.29 is 13.2 Å². The number of nitrogens with zero attached hydrogens (tertiary/aromatic N) is 2. The van der Waals surface area contributed by atoms with E-state index in [0.717, 1.165) is 20.8 Å². The molecule has 1 aromatic heterocycles. The summed E-state index contributed by atoms with van der Waals surface area (Å²) in [6, 6.07) is 15.6. The molecule has 0 unspecified atom stereocenters. The molecule has 1 amide bonds. The monoisotopic (exact) mass is 460 g/mol. The number of benzene rings is 2. The zero-order valence-electron chi connectivity index (χ0n) is 15.7. The number of para-hydroxylation sites is 1. The smallest absolute Gasteiger partial charge is 0.284 e. The lowest BCUT2D eigenvalue weighted by Gasteiger charge is -2.38. The van der Waals surface area contributed by atoms with E-state index in [1.807, 2.05) is 42.7 Å². The lowest BCUT2D eigenvalue weighted by atomic mass is 10.1. The zero-order chi connectivity index (χ0) is 20.1. The Morgan fingerprint density at radius 1 is 1.14 bits per heavy atom. The number of hydrogen-bond donors (Lipinski definition) is 0. The molecular formula is C21H21BrN2O3S. The summed E-state index contributed by atoms with van der Waals surface area (Å²) in [4.78, 5) is 13.4. The van der Waals surface area contributed by atoms with Gasteiger partial charge in [0.05, 0.1) is 10.9 Å². The Balaban J connectivity index is 1.89. The maximum Gasteiger partial charge on any atom is 0.284 e. The molecule has 0 bridgehead atoms. The summed E-state index contributed by atoms with van der Waals surface area (Å²) < 4.78 is 29.9. The van der Waals surface area contributed by atoms with Crippen molar-refractivity contribution in [1.29, 1.82) is 0 Å². The normalized spacial score (nSPS) is 18.3. The molecule has 146 valence electrons. The van der Waals surface area contributed by atoms with Crippen LogP contribution in [0.15, 0.2) is 59.5 Å². The molecule has 5 nitrogen and oxygen atoms in total. The van der Waals surface area contributed by atoms with Gasteiger partial charge in [0.2, 0.25) is 0 Å². The van der Waals surface area contributed by atoms with Crippen LogP contribution in [0.3, 0.4) is 0 Å². The van der Waals surface area contributed by atoms with Gasteiger partial charge >= 0.3 is 0 Å². The molecule has 4 rings (SSSR count). The van der Waals surface area contributed by atoms with Gasteiger partial charge < -0.3 is 4.57 Å². The standard InChI is InChI=1S/C21H21BrN2O3S/c1-3-17(22)20-13-23-18-7-5-4-6-15(18)12-19(23)21(25)24(20)28(26,27)16-10-8-14(2)9-11-16/h4-12,17,20H,3,13H2,1-2H3/t17-,20+/m0/s1. The number of hydrogen-bond acceptors (Lipinski definition) is 3. The molecule has 0 aliphatic carbocycles. The number of amides is 1. The van der Waals surface area contributed by atoms with E-state index >= 15 is 0 Å². The molecule has 0 fully saturated rings. The SMILES string of the molecule is CC[C@H](Br)[C@H]1Cn2c(cc3ccccc32)C(=O)N1S(=O)(=O)c1ccc(C)cc1. The first kappa shape index (κ1) is 19.2. The molecule has 2 aromatic carbocycles. The summed E-state index contributed by atoms with van der Waals surface area (Å²) in [6.45, 7) is 4.29. The van der Waals surface area contributed by atoms with Crippen LogP contribution in [0.4, 0.5) is 0 Å². The molecule has 0 saturated heterocycles. The Morgan fingerprint density at radius 3 is 2.50 bits per heavy atom. The van der Waals surface area contributed by atoms with Crippen LogP contribution in [0, 0.1) is 6.92 Å². The fourth-order valence-electron chi connectivity index (χ4n) is 3.75. The fraction of sp³-hybridized carbons (Fsp3) is 0.286. The van der Waals surface area contributed by atoms with Crippen LogP contribution >= 0.6 is 15.9 Å². The minimum atomic E-state index is -3.97. The summed E-state index contributed by atoms with van der Waals surface area (Å²) in [6.07, 6.45) is 0.701. The number of rotatable bonds is 4. The van der Waals surface area contributed by atoms with Gasteiger partial charge in [-0.15, -0.1) is 0 Å². The summed E-state index contributed by atoms with van der Waals surface area (Å²) in [7, 11) is -3.97. The molecule has 0 radical (unpaired) electrons. The minimum absolute atomic E-state index is 0.136. The maximum atomic E-state index is 13.4. The lowest BCUT2D eigenvalue weighted by molar-refractivity contribution is 0.0763. The average Bonchev–Trinajstić information content (AvgIpc) is 3.06. The molecule has 3 aromatic rings. The Morgan fingerprint density at radius 2 is 1.82 bits per heavy atom. The predicted molar refractivity (Wildman–Crippen MR) is 113 cm³/mol. The van der Waals surface area contributed by atoms with Gasteiger partial charge in [-0.2, -0.15) is 0 Å². The van der Waals surface area contributed by atoms with Crippen LogP contribution in [0.2, 0.25) is 0 Å². The van der Waals surface area contributed by atoms with Gasteiger partial charge in [0.15, 0.2) is 0 Å². The van der Waals surface area contributed by atoms with Crippen LogP contribution in [-0.4, -0.2) is 34.1 Å². The topological polar surface area (TPSA) is 59.4 Å². The summed E-state index contributed by atoms with van der Waals surface area (Å²) in [5, 5.41) is 0.932. The van der Waals surface area contributed by atoms with Crippen molar-refractivity contribution in [3.05, 3.63) is 65.9 Å². The number of aromatic nitrogens is 1. The van der Waals surface area contributed by atoms with Crippen molar-refractivity contribution >= 4 is 42.8 Å². The van der Waals surface area contributed by atoms with Crippen LogP contribution in [0.25, 0.3) is 10.9 Å². The van der Waals surface area contributed by atoms with Crippen molar-refractivity contribution in [2.75, 3.05) is 0 Å². The quantitative estimate of drug-likeness (QED) is 0.544. The first-order valence-electron chi connectivity index (χ1n) is 9.22. The van der Waals surface area contributed by atoms with E-state index in [0.29, 0.717) is 18.7 Å². The third-order valence-corrected chi connectivity index (χ3v) is 8.37. The second-order valence-corrected chi connectivity index (χ2v) is 10.1. The van der Waals surface area contributed by atoms with E-state index < -0.39 is 22.0 Å². The first-order valence-corrected chi connectivity index (χ1v) is 11.6. The molecule has 2 atom stereocenters. The van der Waals surface area contributed by atoms with Crippen molar-refractivity contribution in [3.8, 4) is 0 Å². The van der Waals surface area contributed by atoms with Gasteiger partial charge in [0, 0.05) is 22.3 Å². The van der Waals surface area contributed by atoms with E-state index in [4.69, 9.17) is 0 Å². The van der Waals surface area contributed by atoms with E-state index in [2.05, 4.69) is 15.9 Å². The molecule has 0 spiro atoms. The third-order valence-electron chi connectivity index (χ3n) is 5.29. The van der Waals surface area contributed by atoms with Gasteiger partial charge in [-0.25, -0.2) is 12.7 Å². The van der Waals surface area contributed by atoms with Gasteiger partial charge in [0.25, 0.3) is 15.9 Å². The molecule has 1 aliphatic rings. The molecule has 28 heavy (non-hydrogen) atoms. The van der Waals surface area contributed by atoms with E-state index in [9.17, 15) is 13.2 Å². The van der Waals surface area contributed by atoms with Crippen LogP contribution in [0.5, 0.6) is 0 Å². The highest BCUT2D eigenvalue weighted by molar-refractivity contribution is 9.09. The molecule has 0 N–H and O–H groups in total. The molecule has 7 heteroatoms. The van der Waals surface area contributed by atoms with Crippen LogP contribution < -0.4 is 0 Å². The second kappa shape index (κ2) is 7.04. The van der Waals surface area contributed by atoms with Crippen molar-refractivity contribution in [1.82, 2.24) is 8.87 Å². The predicted octanol–water partition coefficient (Wildman–Crippen LogP) is 4.34. The van der Waals surface area contributed by atoms with Gasteiger partial charge in [0.1, 0.15) is 5.69 Å². The van der Waals surface area contributed by atoms with Crippen molar-refractivity contribution in [3.63, 3.8) is 0 Å². The third kappa shape index (κ3) is 2.97. The summed E-state index contributed by atoms with van der Waals surface area (Å²) >= 11 is 3.62. The summed E-state index contributed by atoms with van der Waals surface area (Å²) in [5.41, 5.74) is 2.32. The average molecular weight is 461 g/mol. The fourth-order valence-corrected chi connectivity index (χ4v) is 5.90. The largest absolute Gasteiger partial charge is 0.334 e. The number of alkyl halides is 1. The Bertz CT molecular complexity index is 1150. The van der Waals surface area contributed by atoms with Crippen LogP contribution in [0.1, 0.15) is 29.4 Å². The molecule has 2 heterocycles. The van der Waals surface area contributed by atoms with E-state index in [1.54, 1.807) is 30.3 Å². The Hall–Kier alpha value is -2.12. The molecular weight excluding hydrogens is 440 g/mol. The van der Waals surface area contributed by atoms with E-state index in [-0.39, 0.29) is 9.72 Å². The maximum absolute atomic E-state index is 13.4. The second-order valence-electron chi connectivity index (χ2n) is 7.11. The summed E-state index contributed by atoms with van der Waals surface area (Å²) in [5.74, 6) is -0.481. The highest BCUT2D eigenvalue weighted by Crippen LogP contribution is 2.34. The van der Waals surface area contributed by atoms with E-state index in [1.165, 1.54) is 0 Å². The number of sulfonamides is 1.